The standard InChI is InChI=1S/C25H31N3O5/c1-31-19-6-7-22(32-2)18(15-19)16-23(29)28-13-10-25(11-14-28)9-8-20(33-25)17-27-24(30)21-5-3-4-12-26-21/h3-7,12,15,20H,8-11,13-14,16-17H2,1-2H3,(H,27,30)/t20-/m1/s1. The lowest BCUT2D eigenvalue weighted by molar-refractivity contribution is -0.136. The second-order valence-electron chi connectivity index (χ2n) is 8.62. The van der Waals surface area contributed by atoms with Crippen molar-refractivity contribution in [3.63, 3.8) is 0 Å². The first-order valence-electron chi connectivity index (χ1n) is 11.4. The topological polar surface area (TPSA) is 90.0 Å². The highest BCUT2D eigenvalue weighted by molar-refractivity contribution is 5.92. The van der Waals surface area contributed by atoms with Crippen LogP contribution in [0.4, 0.5) is 0 Å². The molecule has 1 spiro atoms. The highest BCUT2D eigenvalue weighted by Crippen LogP contribution is 2.39. The average Bonchev–Trinajstić information content (AvgIpc) is 3.25. The van der Waals surface area contributed by atoms with Gasteiger partial charge in [-0.3, -0.25) is 14.6 Å². The maximum absolute atomic E-state index is 13.0. The molecule has 2 aliphatic heterocycles. The number of piperidine rings is 1. The summed E-state index contributed by atoms with van der Waals surface area (Å²) in [5.74, 6) is 1.28. The Morgan fingerprint density at radius 3 is 2.67 bits per heavy atom. The molecule has 0 unspecified atom stereocenters. The molecule has 4 rings (SSSR count). The number of nitrogens with zero attached hydrogens (tertiary/aromatic N) is 2. The van der Waals surface area contributed by atoms with E-state index in [0.717, 1.165) is 31.2 Å². The molecule has 8 nitrogen and oxygen atoms in total. The van der Waals surface area contributed by atoms with Gasteiger partial charge in [0.15, 0.2) is 0 Å². The van der Waals surface area contributed by atoms with Crippen molar-refractivity contribution in [2.75, 3.05) is 33.9 Å². The lowest BCUT2D eigenvalue weighted by atomic mass is 9.88. The maximum atomic E-state index is 13.0. The Morgan fingerprint density at radius 1 is 1.15 bits per heavy atom. The van der Waals surface area contributed by atoms with Crippen LogP contribution >= 0.6 is 0 Å². The van der Waals surface area contributed by atoms with Crippen LogP contribution in [0.2, 0.25) is 0 Å². The van der Waals surface area contributed by atoms with Crippen molar-refractivity contribution in [2.24, 2.45) is 0 Å². The Bertz CT molecular complexity index is 973. The van der Waals surface area contributed by atoms with Crippen molar-refractivity contribution in [1.29, 1.82) is 0 Å². The number of nitrogens with one attached hydrogen (secondary N) is 1. The first-order chi connectivity index (χ1) is 16.0. The SMILES string of the molecule is COc1ccc(OC)c(CC(=O)N2CCC3(CC[C@H](CNC(=O)c4ccccn4)O3)CC2)c1. The summed E-state index contributed by atoms with van der Waals surface area (Å²) in [6.07, 6.45) is 5.32. The summed E-state index contributed by atoms with van der Waals surface area (Å²) in [6, 6.07) is 10.8. The molecule has 176 valence electrons. The van der Waals surface area contributed by atoms with Gasteiger partial charge in [-0.1, -0.05) is 6.07 Å². The fourth-order valence-corrected chi connectivity index (χ4v) is 4.66. The van der Waals surface area contributed by atoms with E-state index in [1.54, 1.807) is 38.6 Å². The maximum Gasteiger partial charge on any atom is 0.269 e. The molecule has 1 aromatic carbocycles. The van der Waals surface area contributed by atoms with E-state index in [9.17, 15) is 9.59 Å². The summed E-state index contributed by atoms with van der Waals surface area (Å²) in [6.45, 7) is 1.80. The van der Waals surface area contributed by atoms with Crippen LogP contribution in [0.5, 0.6) is 11.5 Å². The lowest BCUT2D eigenvalue weighted by Gasteiger charge is -2.39. The molecule has 1 atom stereocenters. The number of hydrogen-bond acceptors (Lipinski definition) is 6. The third-order valence-electron chi connectivity index (χ3n) is 6.58. The summed E-state index contributed by atoms with van der Waals surface area (Å²) in [7, 11) is 3.21. The molecule has 3 heterocycles. The van der Waals surface area contributed by atoms with Gasteiger partial charge in [0, 0.05) is 31.4 Å². The van der Waals surface area contributed by atoms with Crippen molar-refractivity contribution in [2.45, 2.75) is 43.8 Å². The van der Waals surface area contributed by atoms with E-state index in [2.05, 4.69) is 10.3 Å². The monoisotopic (exact) mass is 453 g/mol. The zero-order chi connectivity index (χ0) is 23.3. The number of benzene rings is 1. The first kappa shape index (κ1) is 23.0. The van der Waals surface area contributed by atoms with Gasteiger partial charge in [0.1, 0.15) is 17.2 Å². The van der Waals surface area contributed by atoms with E-state index in [0.29, 0.717) is 36.8 Å². The fourth-order valence-electron chi connectivity index (χ4n) is 4.66. The molecule has 2 aromatic rings. The van der Waals surface area contributed by atoms with Crippen LogP contribution in [-0.4, -0.2) is 67.3 Å². The van der Waals surface area contributed by atoms with Crippen molar-refractivity contribution in [3.8, 4) is 11.5 Å². The van der Waals surface area contributed by atoms with Crippen molar-refractivity contribution < 1.29 is 23.8 Å². The van der Waals surface area contributed by atoms with Crippen LogP contribution in [0.15, 0.2) is 42.6 Å². The van der Waals surface area contributed by atoms with E-state index in [1.807, 2.05) is 23.1 Å². The summed E-state index contributed by atoms with van der Waals surface area (Å²) < 4.78 is 17.1. The summed E-state index contributed by atoms with van der Waals surface area (Å²) >= 11 is 0. The second kappa shape index (κ2) is 10.2. The Morgan fingerprint density at radius 2 is 1.97 bits per heavy atom. The number of rotatable bonds is 7. The average molecular weight is 454 g/mol. The molecule has 8 heteroatoms. The predicted molar refractivity (Wildman–Crippen MR) is 122 cm³/mol. The molecule has 0 radical (unpaired) electrons. The number of carbonyl (C=O) groups is 2. The minimum absolute atomic E-state index is 0.0130. The van der Waals surface area contributed by atoms with E-state index >= 15 is 0 Å². The van der Waals surface area contributed by atoms with Gasteiger partial charge >= 0.3 is 0 Å². The number of likely N-dealkylation sites (tertiary alicyclic amines) is 1. The van der Waals surface area contributed by atoms with Gasteiger partial charge in [-0.15, -0.1) is 0 Å². The number of hydrogen-bond donors (Lipinski definition) is 1. The highest BCUT2D eigenvalue weighted by Gasteiger charge is 2.43. The van der Waals surface area contributed by atoms with Crippen LogP contribution in [-0.2, 0) is 16.0 Å². The van der Waals surface area contributed by atoms with Gasteiger partial charge in [-0.25, -0.2) is 0 Å². The smallest absolute Gasteiger partial charge is 0.269 e. The number of carbonyl (C=O) groups excluding carboxylic acids is 2. The molecular weight excluding hydrogens is 422 g/mol. The molecule has 2 amide bonds. The molecule has 2 saturated heterocycles. The third-order valence-corrected chi connectivity index (χ3v) is 6.58. The van der Waals surface area contributed by atoms with E-state index < -0.39 is 0 Å². The van der Waals surface area contributed by atoms with Crippen molar-refractivity contribution >= 4 is 11.8 Å². The van der Waals surface area contributed by atoms with Gasteiger partial charge in [0.2, 0.25) is 5.91 Å². The van der Waals surface area contributed by atoms with Gasteiger partial charge in [0.05, 0.1) is 32.3 Å². The van der Waals surface area contributed by atoms with E-state index in [4.69, 9.17) is 14.2 Å². The largest absolute Gasteiger partial charge is 0.497 e. The normalized spacial score (nSPS) is 19.3. The third kappa shape index (κ3) is 5.45. The minimum Gasteiger partial charge on any atom is -0.497 e. The Labute approximate surface area is 194 Å². The highest BCUT2D eigenvalue weighted by atomic mass is 16.5. The Balaban J connectivity index is 1.26. The quantitative estimate of drug-likeness (QED) is 0.693. The lowest BCUT2D eigenvalue weighted by Crippen LogP contribution is -2.47. The zero-order valence-electron chi connectivity index (χ0n) is 19.2. The molecule has 0 saturated carbocycles. The first-order valence-corrected chi connectivity index (χ1v) is 11.4. The van der Waals surface area contributed by atoms with Crippen molar-refractivity contribution in [1.82, 2.24) is 15.2 Å². The summed E-state index contributed by atoms with van der Waals surface area (Å²) in [5, 5.41) is 2.92. The zero-order valence-corrected chi connectivity index (χ0v) is 19.2. The number of amides is 2. The van der Waals surface area contributed by atoms with Gasteiger partial charge < -0.3 is 24.4 Å². The minimum atomic E-state index is -0.204. The molecule has 1 N–H and O–H groups in total. The Kier molecular flexibility index (Phi) is 7.13. The van der Waals surface area contributed by atoms with Crippen LogP contribution < -0.4 is 14.8 Å². The summed E-state index contributed by atoms with van der Waals surface area (Å²) in [4.78, 5) is 31.2. The number of methoxy groups -OCH3 is 2. The molecule has 0 bridgehead atoms. The Hall–Kier alpha value is -3.13. The van der Waals surface area contributed by atoms with E-state index in [-0.39, 0.29) is 29.9 Å². The van der Waals surface area contributed by atoms with Gasteiger partial charge in [-0.05, 0) is 56.0 Å². The van der Waals surface area contributed by atoms with Gasteiger partial charge in [-0.2, -0.15) is 0 Å². The molecular formula is C25H31N3O5. The van der Waals surface area contributed by atoms with Crippen LogP contribution in [0.1, 0.15) is 41.7 Å². The predicted octanol–water partition coefficient (Wildman–Crippen LogP) is 2.61. The number of ether oxygens (including phenoxy) is 3. The number of pyridine rings is 1. The molecule has 0 aliphatic carbocycles. The fraction of sp³-hybridized carbons (Fsp3) is 0.480. The summed E-state index contributed by atoms with van der Waals surface area (Å²) in [5.41, 5.74) is 1.03. The van der Waals surface area contributed by atoms with Gasteiger partial charge in [0.25, 0.3) is 5.91 Å². The van der Waals surface area contributed by atoms with E-state index in [1.165, 1.54) is 0 Å². The van der Waals surface area contributed by atoms with Crippen LogP contribution in [0.25, 0.3) is 0 Å². The molecule has 33 heavy (non-hydrogen) atoms. The van der Waals surface area contributed by atoms with Crippen LogP contribution in [0.3, 0.4) is 0 Å². The van der Waals surface area contributed by atoms with Crippen LogP contribution in [0, 0.1) is 0 Å². The molecule has 2 fully saturated rings. The molecule has 1 aromatic heterocycles. The van der Waals surface area contributed by atoms with Crippen molar-refractivity contribution in [3.05, 3.63) is 53.9 Å². The number of aromatic nitrogens is 1. The molecule has 2 aliphatic rings. The second-order valence-corrected chi connectivity index (χ2v) is 8.62.